The number of rotatable bonds is 2. The minimum Gasteiger partial charge on any atom is -0.457 e. The Morgan fingerprint density at radius 2 is 1.97 bits per heavy atom. The lowest BCUT2D eigenvalue weighted by Gasteiger charge is -1.99. The molecule has 0 aliphatic carbocycles. The third kappa shape index (κ3) is 2.74. The standard InChI is InChI=1S/C24H16N2O4S/c1-12-7-13(2)21-18(8-12)26-22(27)20(31-24(26)25-21)10-16-4-6-19(30-16)14-3-5-17-15(9-14)11-29-23(17)28/h3-10H,11H2,1-2H3/b20-10-. The summed E-state index contributed by atoms with van der Waals surface area (Å²) in [7, 11) is 0. The first-order chi connectivity index (χ1) is 15.0. The summed E-state index contributed by atoms with van der Waals surface area (Å²) in [5, 5.41) is 0. The first kappa shape index (κ1) is 18.1. The molecule has 1 aliphatic heterocycles. The van der Waals surface area contributed by atoms with Crippen molar-refractivity contribution < 1.29 is 13.9 Å². The minimum absolute atomic E-state index is 0.0985. The average Bonchev–Trinajstić information content (AvgIpc) is 3.49. The fourth-order valence-electron chi connectivity index (χ4n) is 4.11. The number of thiazole rings is 1. The Kier molecular flexibility index (Phi) is 3.73. The van der Waals surface area contributed by atoms with Crippen molar-refractivity contribution in [2.75, 3.05) is 0 Å². The Hall–Kier alpha value is -3.71. The van der Waals surface area contributed by atoms with E-state index in [-0.39, 0.29) is 18.1 Å². The number of carbonyl (C=O) groups excluding carboxylic acids is 1. The van der Waals surface area contributed by atoms with Crippen LogP contribution >= 0.6 is 11.3 Å². The average molecular weight is 428 g/mol. The molecule has 0 saturated carbocycles. The summed E-state index contributed by atoms with van der Waals surface area (Å²) < 4.78 is 13.3. The molecule has 4 heterocycles. The van der Waals surface area contributed by atoms with Crippen molar-refractivity contribution in [3.05, 3.63) is 85.4 Å². The lowest BCUT2D eigenvalue weighted by molar-refractivity contribution is 0.0535. The second-order valence-corrected chi connectivity index (χ2v) is 8.75. The van der Waals surface area contributed by atoms with Crippen LogP contribution in [0.4, 0.5) is 0 Å². The van der Waals surface area contributed by atoms with Gasteiger partial charge in [-0.25, -0.2) is 14.2 Å². The van der Waals surface area contributed by atoms with Gasteiger partial charge in [-0.05, 0) is 55.3 Å². The molecule has 0 amide bonds. The van der Waals surface area contributed by atoms with E-state index >= 15 is 0 Å². The van der Waals surface area contributed by atoms with Gasteiger partial charge in [0.15, 0.2) is 4.96 Å². The minimum atomic E-state index is -0.293. The van der Waals surface area contributed by atoms with E-state index in [1.165, 1.54) is 11.3 Å². The summed E-state index contributed by atoms with van der Waals surface area (Å²) in [6.45, 7) is 4.31. The number of fused-ring (bicyclic) bond motifs is 4. The van der Waals surface area contributed by atoms with Crippen molar-refractivity contribution >= 4 is 39.4 Å². The maximum atomic E-state index is 13.1. The number of hydrogen-bond donors (Lipinski definition) is 0. The van der Waals surface area contributed by atoms with Gasteiger partial charge in [-0.15, -0.1) is 0 Å². The zero-order valence-electron chi connectivity index (χ0n) is 16.8. The summed E-state index contributed by atoms with van der Waals surface area (Å²) in [5.74, 6) is 0.957. The number of ether oxygens (including phenoxy) is 1. The Morgan fingerprint density at radius 1 is 1.10 bits per heavy atom. The van der Waals surface area contributed by atoms with Crippen LogP contribution in [0.25, 0.3) is 33.4 Å². The Labute approximate surface area is 180 Å². The van der Waals surface area contributed by atoms with Crippen molar-refractivity contribution in [3.63, 3.8) is 0 Å². The lowest BCUT2D eigenvalue weighted by atomic mass is 10.0. The first-order valence-corrected chi connectivity index (χ1v) is 10.6. The van der Waals surface area contributed by atoms with E-state index in [1.54, 1.807) is 16.5 Å². The van der Waals surface area contributed by atoms with Crippen LogP contribution in [0, 0.1) is 13.8 Å². The molecular weight excluding hydrogens is 412 g/mol. The largest absolute Gasteiger partial charge is 0.457 e. The second kappa shape index (κ2) is 6.39. The van der Waals surface area contributed by atoms with Gasteiger partial charge in [0.1, 0.15) is 22.7 Å². The fourth-order valence-corrected chi connectivity index (χ4v) is 5.07. The molecule has 0 bridgehead atoms. The van der Waals surface area contributed by atoms with Gasteiger partial charge in [0.05, 0.1) is 16.6 Å². The first-order valence-electron chi connectivity index (χ1n) is 9.82. The monoisotopic (exact) mass is 428 g/mol. The highest BCUT2D eigenvalue weighted by molar-refractivity contribution is 7.15. The number of aryl methyl sites for hydroxylation is 2. The summed E-state index contributed by atoms with van der Waals surface area (Å²) in [4.78, 5) is 30.1. The van der Waals surface area contributed by atoms with E-state index < -0.39 is 0 Å². The van der Waals surface area contributed by atoms with Gasteiger partial charge < -0.3 is 9.15 Å². The maximum absolute atomic E-state index is 13.1. The number of cyclic esters (lactones) is 1. The molecule has 152 valence electrons. The number of imidazole rings is 1. The third-order valence-corrected chi connectivity index (χ3v) is 6.52. The third-order valence-electron chi connectivity index (χ3n) is 5.55. The molecule has 31 heavy (non-hydrogen) atoms. The predicted octanol–water partition coefficient (Wildman–Crippen LogP) is 4.00. The lowest BCUT2D eigenvalue weighted by Crippen LogP contribution is -2.22. The van der Waals surface area contributed by atoms with E-state index in [9.17, 15) is 9.59 Å². The molecule has 0 spiro atoms. The second-order valence-electron chi connectivity index (χ2n) is 7.75. The molecule has 0 unspecified atom stereocenters. The van der Waals surface area contributed by atoms with Gasteiger partial charge in [-0.3, -0.25) is 4.79 Å². The molecular formula is C24H16N2O4S. The topological polar surface area (TPSA) is 73.8 Å². The number of furan rings is 1. The Morgan fingerprint density at radius 3 is 2.84 bits per heavy atom. The van der Waals surface area contributed by atoms with E-state index in [4.69, 9.17) is 9.15 Å². The van der Waals surface area contributed by atoms with Gasteiger partial charge in [0.25, 0.3) is 5.56 Å². The predicted molar refractivity (Wildman–Crippen MR) is 118 cm³/mol. The molecule has 6 rings (SSSR count). The molecule has 0 N–H and O–H groups in total. The van der Waals surface area contributed by atoms with E-state index in [2.05, 4.69) is 11.1 Å². The summed E-state index contributed by atoms with van der Waals surface area (Å²) in [5.41, 5.74) is 6.06. The number of aromatic nitrogens is 2. The van der Waals surface area contributed by atoms with Gasteiger partial charge in [-0.2, -0.15) is 0 Å². The molecule has 0 radical (unpaired) electrons. The van der Waals surface area contributed by atoms with Gasteiger partial charge in [-0.1, -0.05) is 23.5 Å². The smallest absolute Gasteiger partial charge is 0.338 e. The number of nitrogens with zero attached hydrogens (tertiary/aromatic N) is 2. The van der Waals surface area contributed by atoms with Crippen LogP contribution in [-0.2, 0) is 11.3 Å². The summed E-state index contributed by atoms with van der Waals surface area (Å²) in [6.07, 6.45) is 1.75. The number of esters is 1. The number of hydrogen-bond acceptors (Lipinski definition) is 6. The van der Waals surface area contributed by atoms with E-state index in [0.29, 0.717) is 26.6 Å². The SMILES string of the molecule is Cc1cc(C)c2nc3s/c(=C\c4ccc(-c5ccc6c(c5)COC6=O)o4)c(=O)n3c2c1. The van der Waals surface area contributed by atoms with Crippen molar-refractivity contribution in [2.45, 2.75) is 20.5 Å². The van der Waals surface area contributed by atoms with Gasteiger partial charge in [0, 0.05) is 17.2 Å². The maximum Gasteiger partial charge on any atom is 0.338 e. The highest BCUT2D eigenvalue weighted by atomic mass is 32.1. The molecule has 7 heteroatoms. The molecule has 3 aromatic heterocycles. The molecule has 0 fully saturated rings. The van der Waals surface area contributed by atoms with Crippen LogP contribution in [0.2, 0.25) is 0 Å². The quantitative estimate of drug-likeness (QED) is 0.397. The fraction of sp³-hybridized carbons (Fsp3) is 0.125. The van der Waals surface area contributed by atoms with Crippen LogP contribution < -0.4 is 10.1 Å². The zero-order chi connectivity index (χ0) is 21.3. The Bertz CT molecular complexity index is 1650. The van der Waals surface area contributed by atoms with Crippen molar-refractivity contribution in [3.8, 4) is 11.3 Å². The summed E-state index contributed by atoms with van der Waals surface area (Å²) in [6, 6.07) is 13.2. The van der Waals surface area contributed by atoms with Crippen LogP contribution in [-0.4, -0.2) is 15.4 Å². The van der Waals surface area contributed by atoms with E-state index in [1.807, 2.05) is 44.2 Å². The molecule has 5 aromatic rings. The molecule has 6 nitrogen and oxygen atoms in total. The van der Waals surface area contributed by atoms with Gasteiger partial charge >= 0.3 is 5.97 Å². The van der Waals surface area contributed by atoms with Crippen molar-refractivity contribution in [1.29, 1.82) is 0 Å². The number of carbonyl (C=O) groups is 1. The van der Waals surface area contributed by atoms with Gasteiger partial charge in [0.2, 0.25) is 0 Å². The highest BCUT2D eigenvalue weighted by Crippen LogP contribution is 2.28. The number of benzene rings is 2. The van der Waals surface area contributed by atoms with Crippen LogP contribution in [0.15, 0.2) is 51.7 Å². The van der Waals surface area contributed by atoms with Crippen LogP contribution in [0.3, 0.4) is 0 Å². The molecule has 1 aliphatic rings. The molecule has 0 atom stereocenters. The molecule has 0 saturated heterocycles. The van der Waals surface area contributed by atoms with E-state index in [0.717, 1.165) is 33.3 Å². The van der Waals surface area contributed by atoms with Crippen LogP contribution in [0.5, 0.6) is 0 Å². The van der Waals surface area contributed by atoms with Crippen molar-refractivity contribution in [1.82, 2.24) is 9.38 Å². The zero-order valence-corrected chi connectivity index (χ0v) is 17.6. The van der Waals surface area contributed by atoms with Crippen LogP contribution in [0.1, 0.15) is 32.8 Å². The molecule has 2 aromatic carbocycles. The normalized spacial score (nSPS) is 14.0. The Balaban J connectivity index is 1.43. The summed E-state index contributed by atoms with van der Waals surface area (Å²) >= 11 is 1.35. The highest BCUT2D eigenvalue weighted by Gasteiger charge is 2.21. The van der Waals surface area contributed by atoms with Crippen molar-refractivity contribution in [2.24, 2.45) is 0 Å².